The molecule has 54 heavy (non-hydrogen) atoms. The quantitative estimate of drug-likeness (QED) is 0.170. The van der Waals surface area contributed by atoms with Crippen LogP contribution in [-0.4, -0.2) is 9.13 Å². The van der Waals surface area contributed by atoms with Crippen molar-refractivity contribution in [1.82, 2.24) is 9.13 Å². The monoisotopic (exact) mass is 682 g/mol. The van der Waals surface area contributed by atoms with E-state index >= 15 is 0 Å². The molecule has 0 aliphatic heterocycles. The lowest BCUT2D eigenvalue weighted by molar-refractivity contribution is 1.13. The summed E-state index contributed by atoms with van der Waals surface area (Å²) in [7, 11) is 0. The third kappa shape index (κ3) is 3.54. The first-order valence-corrected chi connectivity index (χ1v) is 18.2. The van der Waals surface area contributed by atoms with Crippen molar-refractivity contribution in [2.45, 2.75) is 0 Å². The number of hydrogen-bond donors (Lipinski definition) is 0. The van der Waals surface area contributed by atoms with Crippen LogP contribution in [0.15, 0.2) is 158 Å². The van der Waals surface area contributed by atoms with Gasteiger partial charge in [0, 0.05) is 26.9 Å². The van der Waals surface area contributed by atoms with Crippen molar-refractivity contribution in [3.8, 4) is 45.8 Å². The maximum Gasteiger partial charge on any atom is 0.101 e. The summed E-state index contributed by atoms with van der Waals surface area (Å²) in [6, 6.07) is 60.4. The van der Waals surface area contributed by atoms with Gasteiger partial charge in [0.2, 0.25) is 0 Å². The molecule has 0 N–H and O–H groups in total. The Kier molecular flexibility index (Phi) is 5.61. The van der Waals surface area contributed by atoms with E-state index in [1.807, 2.05) is 24.3 Å². The number of nitrogens with zero attached hydrogens (tertiary/aromatic N) is 4. The minimum Gasteiger partial charge on any atom is -0.308 e. The second-order valence-corrected chi connectivity index (χ2v) is 14.2. The Morgan fingerprint density at radius 2 is 0.815 bits per heavy atom. The molecule has 2 heterocycles. The first-order valence-electron chi connectivity index (χ1n) is 18.2. The standard InChI is InChI=1S/C50H26N4/c51-27-29-25-45(54-43-23-10-8-19-39(43)49-36-16-5-3-12-31(36)33-14-4-6-17-37(33)50(49)54)30(28-52)24-44(29)53-42-22-9-7-18-38(42)48-40-21-11-20-35-32-13-1-2-15-34(32)41(47(35)40)26-46(48)53/h1-26H. The minimum absolute atomic E-state index is 0.493. The minimum atomic E-state index is 0.493. The van der Waals surface area contributed by atoms with E-state index in [4.69, 9.17) is 0 Å². The average molecular weight is 683 g/mol. The van der Waals surface area contributed by atoms with Gasteiger partial charge in [-0.05, 0) is 79.5 Å². The number of hydrogen-bond acceptors (Lipinski definition) is 2. The molecular formula is C50H26N4. The lowest BCUT2D eigenvalue weighted by Crippen LogP contribution is -2.04. The van der Waals surface area contributed by atoms with Crippen LogP contribution in [0, 0.1) is 22.7 Å². The summed E-state index contributed by atoms with van der Waals surface area (Å²) in [6.07, 6.45) is 0. The second kappa shape index (κ2) is 10.5. The number of nitriles is 2. The predicted molar refractivity (Wildman–Crippen MR) is 221 cm³/mol. The van der Waals surface area contributed by atoms with E-state index in [1.54, 1.807) is 0 Å². The van der Waals surface area contributed by atoms with Gasteiger partial charge in [0.25, 0.3) is 0 Å². The van der Waals surface area contributed by atoms with Gasteiger partial charge in [-0.15, -0.1) is 0 Å². The highest BCUT2D eigenvalue weighted by Crippen LogP contribution is 2.51. The number of para-hydroxylation sites is 2. The van der Waals surface area contributed by atoms with E-state index in [9.17, 15) is 10.5 Å². The molecule has 1 aliphatic rings. The van der Waals surface area contributed by atoms with Crippen molar-refractivity contribution in [1.29, 1.82) is 10.5 Å². The third-order valence-electron chi connectivity index (χ3n) is 11.7. The average Bonchev–Trinajstić information content (AvgIpc) is 3.88. The molecule has 11 aromatic rings. The molecule has 0 bridgehead atoms. The number of benzene rings is 9. The van der Waals surface area contributed by atoms with Crippen molar-refractivity contribution in [3.63, 3.8) is 0 Å². The van der Waals surface area contributed by atoms with Crippen LogP contribution in [0.3, 0.4) is 0 Å². The summed E-state index contributed by atoms with van der Waals surface area (Å²) >= 11 is 0. The maximum absolute atomic E-state index is 11.0. The first kappa shape index (κ1) is 29.0. The molecule has 0 atom stereocenters. The molecule has 4 nitrogen and oxygen atoms in total. The lowest BCUT2D eigenvalue weighted by atomic mass is 9.97. The molecule has 2 aromatic heterocycles. The fourth-order valence-electron chi connectivity index (χ4n) is 9.59. The Bertz CT molecular complexity index is 3580. The van der Waals surface area contributed by atoms with Crippen LogP contribution < -0.4 is 0 Å². The van der Waals surface area contributed by atoms with Crippen molar-refractivity contribution in [2.75, 3.05) is 0 Å². The number of fused-ring (bicyclic) bond motifs is 15. The summed E-state index contributed by atoms with van der Waals surface area (Å²) in [5.41, 5.74) is 11.3. The Balaban J connectivity index is 1.22. The summed E-state index contributed by atoms with van der Waals surface area (Å²) in [5.74, 6) is 0. The fourth-order valence-corrected chi connectivity index (χ4v) is 9.59. The van der Waals surface area contributed by atoms with Gasteiger partial charge in [0.1, 0.15) is 12.1 Å². The lowest BCUT2D eigenvalue weighted by Gasteiger charge is -2.17. The molecule has 0 spiro atoms. The van der Waals surface area contributed by atoms with Gasteiger partial charge < -0.3 is 9.13 Å². The zero-order valence-corrected chi connectivity index (χ0v) is 28.8. The van der Waals surface area contributed by atoms with Gasteiger partial charge >= 0.3 is 0 Å². The fraction of sp³-hybridized carbons (Fsp3) is 0. The Morgan fingerprint density at radius 3 is 1.50 bits per heavy atom. The molecule has 246 valence electrons. The summed E-state index contributed by atoms with van der Waals surface area (Å²) in [4.78, 5) is 0. The van der Waals surface area contributed by atoms with E-state index < -0.39 is 0 Å². The highest BCUT2D eigenvalue weighted by molar-refractivity contribution is 6.32. The smallest absolute Gasteiger partial charge is 0.101 e. The van der Waals surface area contributed by atoms with Crippen LogP contribution in [0.25, 0.3) is 110 Å². The highest BCUT2D eigenvalue weighted by atomic mass is 15.0. The van der Waals surface area contributed by atoms with E-state index in [2.05, 4.69) is 155 Å². The Hall–Kier alpha value is -7.66. The molecular weight excluding hydrogens is 657 g/mol. The van der Waals surface area contributed by atoms with Crippen LogP contribution >= 0.6 is 0 Å². The molecule has 0 unspecified atom stereocenters. The highest BCUT2D eigenvalue weighted by Gasteiger charge is 2.27. The summed E-state index contributed by atoms with van der Waals surface area (Å²) in [5, 5.41) is 33.6. The van der Waals surface area contributed by atoms with Gasteiger partial charge in [0.05, 0.1) is 44.6 Å². The van der Waals surface area contributed by atoms with Crippen molar-refractivity contribution >= 4 is 75.9 Å². The van der Waals surface area contributed by atoms with Crippen molar-refractivity contribution in [2.24, 2.45) is 0 Å². The largest absolute Gasteiger partial charge is 0.308 e. The van der Waals surface area contributed by atoms with E-state index in [0.717, 1.165) is 59.8 Å². The SMILES string of the molecule is N#Cc1cc(-n2c3ccccc3c3c4ccccc4c4ccccc4c32)c(C#N)cc1-n1c2ccccc2c2c3cccc4c3c(cc21)-c1ccccc1-4. The van der Waals surface area contributed by atoms with Crippen LogP contribution in [0.1, 0.15) is 11.1 Å². The van der Waals surface area contributed by atoms with Crippen LogP contribution in [0.4, 0.5) is 0 Å². The van der Waals surface area contributed by atoms with Crippen LogP contribution in [-0.2, 0) is 0 Å². The van der Waals surface area contributed by atoms with Crippen LogP contribution in [0.5, 0.6) is 0 Å². The van der Waals surface area contributed by atoms with E-state index in [-0.39, 0.29) is 0 Å². The summed E-state index contributed by atoms with van der Waals surface area (Å²) < 4.78 is 4.41. The number of aromatic nitrogens is 2. The second-order valence-electron chi connectivity index (χ2n) is 14.2. The topological polar surface area (TPSA) is 57.4 Å². The van der Waals surface area contributed by atoms with Crippen molar-refractivity contribution < 1.29 is 0 Å². The molecule has 1 aliphatic carbocycles. The van der Waals surface area contributed by atoms with E-state index in [0.29, 0.717) is 22.5 Å². The van der Waals surface area contributed by atoms with E-state index in [1.165, 1.54) is 38.4 Å². The molecule has 4 heteroatoms. The normalized spacial score (nSPS) is 12.0. The maximum atomic E-state index is 11.0. The molecule has 0 saturated carbocycles. The van der Waals surface area contributed by atoms with Gasteiger partial charge in [-0.25, -0.2) is 0 Å². The predicted octanol–water partition coefficient (Wildman–Crippen LogP) is 12.7. The number of rotatable bonds is 2. The van der Waals surface area contributed by atoms with Gasteiger partial charge in [-0.1, -0.05) is 127 Å². The molecule has 0 fully saturated rings. The Labute approximate surface area is 309 Å². The molecule has 0 saturated heterocycles. The molecule has 9 aromatic carbocycles. The molecule has 0 amide bonds. The molecule has 12 rings (SSSR count). The summed E-state index contributed by atoms with van der Waals surface area (Å²) in [6.45, 7) is 0. The first-order chi connectivity index (χ1) is 26.7. The van der Waals surface area contributed by atoms with Gasteiger partial charge in [-0.2, -0.15) is 10.5 Å². The van der Waals surface area contributed by atoms with Gasteiger partial charge in [-0.3, -0.25) is 0 Å². The van der Waals surface area contributed by atoms with Crippen molar-refractivity contribution in [3.05, 3.63) is 169 Å². The zero-order valence-electron chi connectivity index (χ0n) is 28.8. The van der Waals surface area contributed by atoms with Crippen LogP contribution in [0.2, 0.25) is 0 Å². The van der Waals surface area contributed by atoms with Gasteiger partial charge in [0.15, 0.2) is 0 Å². The molecule has 0 radical (unpaired) electrons. The zero-order chi connectivity index (χ0) is 35.7. The third-order valence-corrected chi connectivity index (χ3v) is 11.7. The Morgan fingerprint density at radius 1 is 0.333 bits per heavy atom.